The number of hydrogen-bond acceptors (Lipinski definition) is 7. The Balaban J connectivity index is 1.52. The second kappa shape index (κ2) is 10.7. The average Bonchev–Trinajstić information content (AvgIpc) is 3.64. The lowest BCUT2D eigenvalue weighted by Gasteiger charge is -2.37. The van der Waals surface area contributed by atoms with Crippen LogP contribution in [-0.2, 0) is 13.1 Å². The summed E-state index contributed by atoms with van der Waals surface area (Å²) in [4.78, 5) is 18.7. The summed E-state index contributed by atoms with van der Waals surface area (Å²) in [5.74, 6) is 2.63. The molecule has 9 nitrogen and oxygen atoms in total. The van der Waals surface area contributed by atoms with Crippen LogP contribution in [-0.4, -0.2) is 42.7 Å². The number of benzene rings is 1. The van der Waals surface area contributed by atoms with Crippen LogP contribution < -0.4 is 10.3 Å². The molecule has 0 aliphatic heterocycles. The molecule has 3 aromatic heterocycles. The molecule has 190 valence electrons. The number of nitrogens with zero attached hydrogens (tertiary/aromatic N) is 5. The Morgan fingerprint density at radius 3 is 2.78 bits per heavy atom. The van der Waals surface area contributed by atoms with Gasteiger partial charge in [0.15, 0.2) is 5.82 Å². The fourth-order valence-corrected chi connectivity index (χ4v) is 5.41. The van der Waals surface area contributed by atoms with Gasteiger partial charge in [-0.15, -0.1) is 5.10 Å². The number of tetrazole rings is 1. The molecule has 1 fully saturated rings. The van der Waals surface area contributed by atoms with Crippen molar-refractivity contribution in [3.63, 3.8) is 0 Å². The molecule has 1 N–H and O–H groups in total. The molecule has 1 saturated carbocycles. The lowest BCUT2D eigenvalue weighted by Crippen LogP contribution is -2.41. The van der Waals surface area contributed by atoms with Gasteiger partial charge in [-0.1, -0.05) is 26.7 Å². The molecule has 0 saturated heterocycles. The standard InChI is InChI=1S/C27H34N6O3/c1-4-35-22-11-12-24-19(15-22)14-20(27(34)28-24)16-32(21-8-5-6-9-21)25(18(2)3)26-29-30-31-33(26)17-23-10-7-13-36-23/h7,10-15,18,21,25H,4-6,8-9,16-17H2,1-3H3,(H,28,34)/t25-/m1/s1. The number of fused-ring (bicyclic) bond motifs is 1. The molecule has 3 heterocycles. The van der Waals surface area contributed by atoms with Gasteiger partial charge in [-0.3, -0.25) is 9.69 Å². The zero-order chi connectivity index (χ0) is 25.1. The first-order valence-electron chi connectivity index (χ1n) is 12.9. The average molecular weight is 491 g/mol. The van der Waals surface area contributed by atoms with Crippen LogP contribution in [0.3, 0.4) is 0 Å². The van der Waals surface area contributed by atoms with Crippen LogP contribution in [0, 0.1) is 5.92 Å². The lowest BCUT2D eigenvalue weighted by molar-refractivity contribution is 0.0842. The van der Waals surface area contributed by atoms with Crippen molar-refractivity contribution in [3.8, 4) is 5.75 Å². The smallest absolute Gasteiger partial charge is 0.252 e. The van der Waals surface area contributed by atoms with E-state index in [1.807, 2.05) is 48.0 Å². The minimum atomic E-state index is -0.0626. The van der Waals surface area contributed by atoms with Crippen molar-refractivity contribution in [3.05, 3.63) is 70.2 Å². The van der Waals surface area contributed by atoms with Crippen molar-refractivity contribution in [1.29, 1.82) is 0 Å². The van der Waals surface area contributed by atoms with Gasteiger partial charge < -0.3 is 14.1 Å². The first-order valence-corrected chi connectivity index (χ1v) is 12.9. The molecular weight excluding hydrogens is 456 g/mol. The molecule has 0 amide bonds. The third-order valence-corrected chi connectivity index (χ3v) is 7.05. The van der Waals surface area contributed by atoms with Gasteiger partial charge in [0, 0.05) is 29.1 Å². The fourth-order valence-electron chi connectivity index (χ4n) is 5.41. The van der Waals surface area contributed by atoms with Crippen molar-refractivity contribution in [1.82, 2.24) is 30.1 Å². The molecule has 1 atom stereocenters. The van der Waals surface area contributed by atoms with Crippen molar-refractivity contribution < 1.29 is 9.15 Å². The summed E-state index contributed by atoms with van der Waals surface area (Å²) in [5, 5.41) is 13.7. The number of aromatic amines is 1. The monoisotopic (exact) mass is 490 g/mol. The van der Waals surface area contributed by atoms with Crippen LogP contribution in [0.1, 0.15) is 69.6 Å². The van der Waals surface area contributed by atoms with Crippen LogP contribution in [0.2, 0.25) is 0 Å². The van der Waals surface area contributed by atoms with Gasteiger partial charge >= 0.3 is 0 Å². The topological polar surface area (TPSA) is 102 Å². The predicted octanol–water partition coefficient (Wildman–Crippen LogP) is 4.70. The number of rotatable bonds is 10. The summed E-state index contributed by atoms with van der Waals surface area (Å²) in [6.45, 7) is 7.93. The van der Waals surface area contributed by atoms with Crippen LogP contribution in [0.25, 0.3) is 10.9 Å². The van der Waals surface area contributed by atoms with Crippen LogP contribution >= 0.6 is 0 Å². The third kappa shape index (κ3) is 5.06. The molecular formula is C27H34N6O3. The van der Waals surface area contributed by atoms with Crippen LogP contribution in [0.4, 0.5) is 0 Å². The first kappa shape index (κ1) is 24.2. The number of pyridine rings is 1. The Morgan fingerprint density at radius 1 is 1.22 bits per heavy atom. The number of aromatic nitrogens is 5. The zero-order valence-electron chi connectivity index (χ0n) is 21.2. The maximum atomic E-state index is 13.2. The van der Waals surface area contributed by atoms with Gasteiger partial charge in [0.05, 0.1) is 18.9 Å². The SMILES string of the molecule is CCOc1ccc2[nH]c(=O)c(CN(C3CCCC3)[C@@H](c3nnnn3Cc3ccco3)C(C)C)cc2c1. The van der Waals surface area contributed by atoms with Crippen molar-refractivity contribution in [2.24, 2.45) is 5.92 Å². The van der Waals surface area contributed by atoms with Crippen LogP contribution in [0.5, 0.6) is 5.75 Å². The Labute approximate surface area is 210 Å². The Kier molecular flexibility index (Phi) is 7.18. The van der Waals surface area contributed by atoms with E-state index in [4.69, 9.17) is 9.15 Å². The highest BCUT2D eigenvalue weighted by atomic mass is 16.5. The third-order valence-electron chi connectivity index (χ3n) is 7.05. The molecule has 1 aliphatic rings. The molecule has 0 spiro atoms. The van der Waals surface area contributed by atoms with E-state index in [1.54, 1.807) is 6.26 Å². The first-order chi connectivity index (χ1) is 17.5. The summed E-state index contributed by atoms with van der Waals surface area (Å²) in [6, 6.07) is 11.9. The minimum Gasteiger partial charge on any atom is -0.494 e. The van der Waals surface area contributed by atoms with E-state index in [0.717, 1.165) is 46.6 Å². The maximum absolute atomic E-state index is 13.2. The highest BCUT2D eigenvalue weighted by Gasteiger charge is 2.35. The van der Waals surface area contributed by atoms with E-state index in [0.29, 0.717) is 25.7 Å². The number of hydrogen-bond donors (Lipinski definition) is 1. The number of ether oxygens (including phenoxy) is 1. The summed E-state index contributed by atoms with van der Waals surface area (Å²) in [6.07, 6.45) is 6.24. The number of H-pyrrole nitrogens is 1. The predicted molar refractivity (Wildman–Crippen MR) is 137 cm³/mol. The molecule has 1 aliphatic carbocycles. The second-order valence-corrected chi connectivity index (χ2v) is 9.88. The van der Waals surface area contributed by atoms with E-state index in [1.165, 1.54) is 12.8 Å². The van der Waals surface area contributed by atoms with E-state index >= 15 is 0 Å². The molecule has 5 rings (SSSR count). The van der Waals surface area contributed by atoms with E-state index < -0.39 is 0 Å². The Bertz CT molecular complexity index is 1340. The van der Waals surface area contributed by atoms with Gasteiger partial charge in [0.25, 0.3) is 5.56 Å². The molecule has 1 aromatic carbocycles. The van der Waals surface area contributed by atoms with Gasteiger partial charge in [0.1, 0.15) is 18.1 Å². The molecule has 9 heteroatoms. The van der Waals surface area contributed by atoms with E-state index in [-0.39, 0.29) is 17.5 Å². The zero-order valence-corrected chi connectivity index (χ0v) is 21.2. The molecule has 0 bridgehead atoms. The number of nitrogens with one attached hydrogen (secondary N) is 1. The largest absolute Gasteiger partial charge is 0.494 e. The van der Waals surface area contributed by atoms with Crippen molar-refractivity contribution in [2.75, 3.05) is 6.61 Å². The Morgan fingerprint density at radius 2 is 2.06 bits per heavy atom. The van der Waals surface area contributed by atoms with Crippen molar-refractivity contribution in [2.45, 2.75) is 71.6 Å². The van der Waals surface area contributed by atoms with E-state index in [2.05, 4.69) is 39.3 Å². The van der Waals surface area contributed by atoms with Gasteiger partial charge in [-0.2, -0.15) is 0 Å². The van der Waals surface area contributed by atoms with Crippen LogP contribution in [0.15, 0.2) is 51.9 Å². The number of furan rings is 1. The van der Waals surface area contributed by atoms with Gasteiger partial charge in [0.2, 0.25) is 0 Å². The normalized spacial score (nSPS) is 15.4. The van der Waals surface area contributed by atoms with Gasteiger partial charge in [-0.05, 0) is 72.5 Å². The molecule has 36 heavy (non-hydrogen) atoms. The van der Waals surface area contributed by atoms with E-state index in [9.17, 15) is 4.79 Å². The van der Waals surface area contributed by atoms with Gasteiger partial charge in [-0.25, -0.2) is 4.68 Å². The summed E-state index contributed by atoms with van der Waals surface area (Å²) in [7, 11) is 0. The summed E-state index contributed by atoms with van der Waals surface area (Å²) in [5.41, 5.74) is 1.48. The quantitative estimate of drug-likeness (QED) is 0.344. The lowest BCUT2D eigenvalue weighted by atomic mass is 9.97. The molecule has 0 radical (unpaired) electrons. The highest BCUT2D eigenvalue weighted by molar-refractivity contribution is 5.80. The fraction of sp³-hybridized carbons (Fsp3) is 0.481. The van der Waals surface area contributed by atoms with Crippen molar-refractivity contribution >= 4 is 10.9 Å². The maximum Gasteiger partial charge on any atom is 0.252 e. The highest BCUT2D eigenvalue weighted by Crippen LogP contribution is 2.36. The minimum absolute atomic E-state index is 0.0529. The molecule has 0 unspecified atom stereocenters. The summed E-state index contributed by atoms with van der Waals surface area (Å²) < 4.78 is 13.1. The Hall–Kier alpha value is -3.46. The second-order valence-electron chi connectivity index (χ2n) is 9.88. The molecule has 4 aromatic rings. The summed E-state index contributed by atoms with van der Waals surface area (Å²) >= 11 is 0.